The summed E-state index contributed by atoms with van der Waals surface area (Å²) in [4.78, 5) is 10.6. The smallest absolute Gasteiger partial charge is 0.307 e. The first-order valence-electron chi connectivity index (χ1n) is 6.70. The van der Waals surface area contributed by atoms with Gasteiger partial charge in [0, 0.05) is 13.1 Å². The largest absolute Gasteiger partial charge is 0.481 e. The molecule has 20 heavy (non-hydrogen) atoms. The topological polar surface area (TPSA) is 49.3 Å². The van der Waals surface area contributed by atoms with Crippen molar-refractivity contribution in [3.63, 3.8) is 0 Å². The van der Waals surface area contributed by atoms with Crippen LogP contribution in [0, 0.1) is 6.92 Å². The molecule has 0 aromatic heterocycles. The van der Waals surface area contributed by atoms with E-state index in [1.807, 2.05) is 36.4 Å². The van der Waals surface area contributed by atoms with E-state index in [9.17, 15) is 4.79 Å². The summed E-state index contributed by atoms with van der Waals surface area (Å²) >= 11 is 0. The van der Waals surface area contributed by atoms with Crippen LogP contribution in [0.25, 0.3) is 0 Å². The number of hydrogen-bond donors (Lipinski definition) is 2. The standard InChI is InChI=1S/C17H19NO2/c1-13-4-2-3-5-16(13)12-18-11-15-8-6-14(7-9-15)10-17(19)20/h2-9,18H,10-12H2,1H3,(H,19,20). The minimum Gasteiger partial charge on any atom is -0.481 e. The lowest BCUT2D eigenvalue weighted by atomic mass is 10.1. The quantitative estimate of drug-likeness (QED) is 0.847. The Kier molecular flexibility index (Phi) is 4.91. The summed E-state index contributed by atoms with van der Waals surface area (Å²) in [5.74, 6) is -0.796. The summed E-state index contributed by atoms with van der Waals surface area (Å²) in [6.45, 7) is 3.73. The number of aliphatic carboxylic acids is 1. The summed E-state index contributed by atoms with van der Waals surface area (Å²) in [6.07, 6.45) is 0.0803. The van der Waals surface area contributed by atoms with Crippen molar-refractivity contribution >= 4 is 5.97 Å². The number of aryl methyl sites for hydroxylation is 1. The van der Waals surface area contributed by atoms with E-state index in [-0.39, 0.29) is 6.42 Å². The summed E-state index contributed by atoms with van der Waals surface area (Å²) < 4.78 is 0. The molecule has 0 fully saturated rings. The van der Waals surface area contributed by atoms with Crippen LogP contribution in [0.3, 0.4) is 0 Å². The fourth-order valence-corrected chi connectivity index (χ4v) is 2.10. The zero-order valence-corrected chi connectivity index (χ0v) is 11.6. The third-order valence-electron chi connectivity index (χ3n) is 3.28. The predicted octanol–water partition coefficient (Wildman–Crippen LogP) is 2.91. The molecule has 0 spiro atoms. The lowest BCUT2D eigenvalue weighted by Gasteiger charge is -2.08. The van der Waals surface area contributed by atoms with Crippen molar-refractivity contribution in [3.8, 4) is 0 Å². The van der Waals surface area contributed by atoms with E-state index in [2.05, 4.69) is 24.4 Å². The first-order valence-corrected chi connectivity index (χ1v) is 6.70. The molecule has 0 aliphatic rings. The second kappa shape index (κ2) is 6.87. The average molecular weight is 269 g/mol. The van der Waals surface area contributed by atoms with Crippen LogP contribution in [0.4, 0.5) is 0 Å². The first-order chi connectivity index (χ1) is 9.65. The zero-order valence-electron chi connectivity index (χ0n) is 11.6. The van der Waals surface area contributed by atoms with E-state index in [1.54, 1.807) is 0 Å². The Morgan fingerprint density at radius 2 is 1.65 bits per heavy atom. The Bertz CT molecular complexity index is 576. The van der Waals surface area contributed by atoms with Gasteiger partial charge in [-0.25, -0.2) is 0 Å². The normalized spacial score (nSPS) is 10.4. The number of carbonyl (C=O) groups is 1. The summed E-state index contributed by atoms with van der Waals surface area (Å²) in [7, 11) is 0. The van der Waals surface area contributed by atoms with E-state index >= 15 is 0 Å². The van der Waals surface area contributed by atoms with Gasteiger partial charge in [-0.3, -0.25) is 4.79 Å². The number of carboxylic acids is 1. The van der Waals surface area contributed by atoms with E-state index in [0.717, 1.165) is 24.2 Å². The highest BCUT2D eigenvalue weighted by Gasteiger charge is 2.01. The molecule has 2 aromatic carbocycles. The molecule has 0 radical (unpaired) electrons. The first kappa shape index (κ1) is 14.3. The van der Waals surface area contributed by atoms with Crippen LogP contribution in [0.1, 0.15) is 22.3 Å². The van der Waals surface area contributed by atoms with Gasteiger partial charge in [-0.15, -0.1) is 0 Å². The molecule has 2 aromatic rings. The van der Waals surface area contributed by atoms with Crippen LogP contribution in [0.15, 0.2) is 48.5 Å². The fourth-order valence-electron chi connectivity index (χ4n) is 2.10. The predicted molar refractivity (Wildman–Crippen MR) is 79.5 cm³/mol. The Morgan fingerprint density at radius 3 is 2.30 bits per heavy atom. The molecule has 104 valence electrons. The lowest BCUT2D eigenvalue weighted by molar-refractivity contribution is -0.136. The maximum atomic E-state index is 10.6. The third-order valence-corrected chi connectivity index (χ3v) is 3.28. The molecule has 3 heteroatoms. The maximum Gasteiger partial charge on any atom is 0.307 e. The SMILES string of the molecule is Cc1ccccc1CNCc1ccc(CC(=O)O)cc1. The van der Waals surface area contributed by atoms with Gasteiger partial charge < -0.3 is 10.4 Å². The monoisotopic (exact) mass is 269 g/mol. The number of carboxylic acid groups (broad SMARTS) is 1. The minimum absolute atomic E-state index is 0.0803. The number of benzene rings is 2. The van der Waals surface area contributed by atoms with Crippen LogP contribution >= 0.6 is 0 Å². The second-order valence-corrected chi connectivity index (χ2v) is 4.92. The van der Waals surface area contributed by atoms with Gasteiger partial charge in [0.1, 0.15) is 0 Å². The van der Waals surface area contributed by atoms with Crippen LogP contribution in [0.2, 0.25) is 0 Å². The van der Waals surface area contributed by atoms with Crippen molar-refractivity contribution in [3.05, 3.63) is 70.8 Å². The van der Waals surface area contributed by atoms with Crippen molar-refractivity contribution in [1.29, 1.82) is 0 Å². The summed E-state index contributed by atoms with van der Waals surface area (Å²) in [6, 6.07) is 16.0. The molecule has 0 amide bonds. The second-order valence-electron chi connectivity index (χ2n) is 4.92. The Morgan fingerprint density at radius 1 is 1.00 bits per heavy atom. The molecule has 0 bridgehead atoms. The van der Waals surface area contributed by atoms with Gasteiger partial charge in [0.05, 0.1) is 6.42 Å². The van der Waals surface area contributed by atoms with E-state index in [4.69, 9.17) is 5.11 Å². The molecular weight excluding hydrogens is 250 g/mol. The number of rotatable bonds is 6. The van der Waals surface area contributed by atoms with Crippen molar-refractivity contribution in [2.24, 2.45) is 0 Å². The molecular formula is C17H19NO2. The molecule has 2 rings (SSSR count). The average Bonchev–Trinajstić information content (AvgIpc) is 2.42. The number of nitrogens with one attached hydrogen (secondary N) is 1. The molecule has 0 atom stereocenters. The van der Waals surface area contributed by atoms with Gasteiger partial charge in [0.25, 0.3) is 0 Å². The van der Waals surface area contributed by atoms with Gasteiger partial charge in [-0.05, 0) is 29.2 Å². The lowest BCUT2D eigenvalue weighted by Crippen LogP contribution is -2.13. The van der Waals surface area contributed by atoms with Gasteiger partial charge in [-0.2, -0.15) is 0 Å². The number of hydrogen-bond acceptors (Lipinski definition) is 2. The van der Waals surface area contributed by atoms with Gasteiger partial charge in [-0.1, -0.05) is 48.5 Å². The van der Waals surface area contributed by atoms with Crippen molar-refractivity contribution in [1.82, 2.24) is 5.32 Å². The highest BCUT2D eigenvalue weighted by atomic mass is 16.4. The van der Waals surface area contributed by atoms with Gasteiger partial charge >= 0.3 is 5.97 Å². The van der Waals surface area contributed by atoms with Crippen molar-refractivity contribution < 1.29 is 9.90 Å². The Balaban J connectivity index is 1.85. The van der Waals surface area contributed by atoms with Crippen LogP contribution in [-0.4, -0.2) is 11.1 Å². The van der Waals surface area contributed by atoms with Gasteiger partial charge in [0.15, 0.2) is 0 Å². The van der Waals surface area contributed by atoms with E-state index < -0.39 is 5.97 Å². The van der Waals surface area contributed by atoms with Gasteiger partial charge in [0.2, 0.25) is 0 Å². The molecule has 0 unspecified atom stereocenters. The van der Waals surface area contributed by atoms with Crippen LogP contribution in [0.5, 0.6) is 0 Å². The van der Waals surface area contributed by atoms with Crippen molar-refractivity contribution in [2.45, 2.75) is 26.4 Å². The zero-order chi connectivity index (χ0) is 14.4. The molecule has 0 heterocycles. The fraction of sp³-hybridized carbons (Fsp3) is 0.235. The van der Waals surface area contributed by atoms with Crippen LogP contribution in [-0.2, 0) is 24.3 Å². The molecule has 0 aliphatic carbocycles. The third kappa shape index (κ3) is 4.21. The molecule has 0 saturated carbocycles. The molecule has 2 N–H and O–H groups in total. The highest BCUT2D eigenvalue weighted by Crippen LogP contribution is 2.08. The maximum absolute atomic E-state index is 10.6. The molecule has 3 nitrogen and oxygen atoms in total. The Hall–Kier alpha value is -2.13. The summed E-state index contributed by atoms with van der Waals surface area (Å²) in [5.41, 5.74) is 4.58. The van der Waals surface area contributed by atoms with E-state index in [1.165, 1.54) is 11.1 Å². The minimum atomic E-state index is -0.796. The van der Waals surface area contributed by atoms with Crippen molar-refractivity contribution in [2.75, 3.05) is 0 Å². The highest BCUT2D eigenvalue weighted by molar-refractivity contribution is 5.70. The summed E-state index contributed by atoms with van der Waals surface area (Å²) in [5, 5.41) is 12.1. The van der Waals surface area contributed by atoms with Crippen LogP contribution < -0.4 is 5.32 Å². The van der Waals surface area contributed by atoms with E-state index in [0.29, 0.717) is 0 Å². The molecule has 0 aliphatic heterocycles. The molecule has 0 saturated heterocycles. The Labute approximate surface area is 119 Å².